The summed E-state index contributed by atoms with van der Waals surface area (Å²) >= 11 is 0. The van der Waals surface area contributed by atoms with Crippen LogP contribution in [0.4, 0.5) is 4.79 Å². The van der Waals surface area contributed by atoms with E-state index in [0.29, 0.717) is 32.1 Å². The molecule has 2 saturated heterocycles. The normalized spacial score (nSPS) is 23.6. The lowest BCUT2D eigenvalue weighted by atomic mass is 9.73. The number of nitrogens with zero attached hydrogens (tertiary/aromatic N) is 3. The average molecular weight is 499 g/mol. The molecule has 6 nitrogen and oxygen atoms in total. The fraction of sp³-hybridized carbons (Fsp3) is 0.419. The van der Waals surface area contributed by atoms with E-state index in [0.717, 1.165) is 36.0 Å². The van der Waals surface area contributed by atoms with Crippen LogP contribution < -0.4 is 11.3 Å². The second-order valence-corrected chi connectivity index (χ2v) is 11.4. The maximum absolute atomic E-state index is 13.8. The summed E-state index contributed by atoms with van der Waals surface area (Å²) in [5, 5.41) is 0. The van der Waals surface area contributed by atoms with Crippen LogP contribution in [0.25, 0.3) is 11.1 Å². The molecule has 0 saturated carbocycles. The predicted molar refractivity (Wildman–Crippen MR) is 148 cm³/mol. The molecule has 3 heterocycles. The minimum absolute atomic E-state index is 0.0139. The minimum Gasteiger partial charge on any atom is -0.328 e. The summed E-state index contributed by atoms with van der Waals surface area (Å²) in [6.07, 6.45) is 4.41. The molecule has 3 atom stereocenters. The predicted octanol–water partition coefficient (Wildman–Crippen LogP) is 5.15. The third-order valence-corrected chi connectivity index (χ3v) is 8.31. The molecule has 0 spiro atoms. The van der Waals surface area contributed by atoms with E-state index >= 15 is 0 Å². The molecule has 2 fully saturated rings. The molecule has 2 aromatic carbocycles. The zero-order valence-corrected chi connectivity index (χ0v) is 21.9. The monoisotopic (exact) mass is 498 g/mol. The molecule has 0 bridgehead atoms. The summed E-state index contributed by atoms with van der Waals surface area (Å²) in [5.74, 6) is 0.302. The molecule has 2 amide bonds. The minimum atomic E-state index is -0.111. The molecule has 2 unspecified atom stereocenters. The number of carbonyl (C=O) groups is 1. The van der Waals surface area contributed by atoms with Crippen molar-refractivity contribution in [2.45, 2.75) is 51.7 Å². The van der Waals surface area contributed by atoms with E-state index in [1.807, 2.05) is 75.2 Å². The van der Waals surface area contributed by atoms with Gasteiger partial charge in [0.05, 0.1) is 6.04 Å². The maximum Gasteiger partial charge on any atom is 0.320 e. The zero-order chi connectivity index (χ0) is 26.0. The molecule has 0 aliphatic carbocycles. The van der Waals surface area contributed by atoms with Crippen LogP contribution >= 0.6 is 0 Å². The third-order valence-electron chi connectivity index (χ3n) is 8.31. The van der Waals surface area contributed by atoms with E-state index < -0.39 is 0 Å². The third kappa shape index (κ3) is 5.49. The van der Waals surface area contributed by atoms with E-state index in [2.05, 4.69) is 26.0 Å². The Labute approximate surface area is 219 Å². The van der Waals surface area contributed by atoms with Crippen molar-refractivity contribution in [3.05, 3.63) is 94.9 Å². The van der Waals surface area contributed by atoms with Crippen LogP contribution in [0.2, 0.25) is 0 Å². The highest BCUT2D eigenvalue weighted by Crippen LogP contribution is 2.38. The SMILES string of the molecule is CC1(C)CN(C(=O)N2CC[C@@H](N)CC2c2ccccc2)CCC1Cn1ccc(-c2ccccc2)cc1=O. The van der Waals surface area contributed by atoms with E-state index in [-0.39, 0.29) is 29.1 Å². The van der Waals surface area contributed by atoms with Gasteiger partial charge in [-0.2, -0.15) is 0 Å². The number of amides is 2. The summed E-state index contributed by atoms with van der Waals surface area (Å²) in [5.41, 5.74) is 9.36. The van der Waals surface area contributed by atoms with Crippen molar-refractivity contribution >= 4 is 6.03 Å². The van der Waals surface area contributed by atoms with Crippen LogP contribution in [-0.4, -0.2) is 46.1 Å². The summed E-state index contributed by atoms with van der Waals surface area (Å²) in [7, 11) is 0. The fourth-order valence-corrected chi connectivity index (χ4v) is 6.00. The van der Waals surface area contributed by atoms with Crippen molar-refractivity contribution in [2.24, 2.45) is 17.1 Å². The quantitative estimate of drug-likeness (QED) is 0.541. The van der Waals surface area contributed by atoms with Crippen LogP contribution in [0.3, 0.4) is 0 Å². The van der Waals surface area contributed by atoms with Crippen LogP contribution in [0, 0.1) is 11.3 Å². The lowest BCUT2D eigenvalue weighted by Gasteiger charge is -2.48. The number of hydrogen-bond acceptors (Lipinski definition) is 3. The summed E-state index contributed by atoms with van der Waals surface area (Å²) in [6.45, 7) is 7.17. The highest BCUT2D eigenvalue weighted by molar-refractivity contribution is 5.75. The van der Waals surface area contributed by atoms with Gasteiger partial charge in [0.1, 0.15) is 0 Å². The number of benzene rings is 2. The van der Waals surface area contributed by atoms with Gasteiger partial charge in [0.25, 0.3) is 5.56 Å². The van der Waals surface area contributed by atoms with Gasteiger partial charge in [0.15, 0.2) is 0 Å². The smallest absolute Gasteiger partial charge is 0.320 e. The number of carbonyl (C=O) groups excluding carboxylic acids is 1. The maximum atomic E-state index is 13.8. The number of pyridine rings is 1. The van der Waals surface area contributed by atoms with Crippen molar-refractivity contribution in [2.75, 3.05) is 19.6 Å². The second kappa shape index (κ2) is 10.5. The molecule has 2 aliphatic heterocycles. The van der Waals surface area contributed by atoms with Crippen molar-refractivity contribution < 1.29 is 4.79 Å². The Balaban J connectivity index is 1.28. The van der Waals surface area contributed by atoms with Gasteiger partial charge in [-0.1, -0.05) is 74.5 Å². The Morgan fingerprint density at radius 2 is 1.65 bits per heavy atom. The molecule has 2 N–H and O–H groups in total. The molecule has 194 valence electrons. The zero-order valence-electron chi connectivity index (χ0n) is 21.9. The van der Waals surface area contributed by atoms with Crippen molar-refractivity contribution in [3.63, 3.8) is 0 Å². The number of urea groups is 1. The lowest BCUT2D eigenvalue weighted by molar-refractivity contribution is 0.0392. The first kappa shape index (κ1) is 25.3. The van der Waals surface area contributed by atoms with E-state index in [1.54, 1.807) is 6.07 Å². The van der Waals surface area contributed by atoms with E-state index in [4.69, 9.17) is 5.73 Å². The van der Waals surface area contributed by atoms with E-state index in [9.17, 15) is 9.59 Å². The standard InChI is InChI=1S/C31H38N4O2/c1-31(2)22-34(30(37)35-18-15-27(32)20-28(35)24-11-7-4-8-12-24)17-14-26(31)21-33-16-13-25(19-29(33)36)23-9-5-3-6-10-23/h3-13,16,19,26-28H,14-15,17-18,20-22,32H2,1-2H3/t26?,27-,28?/m1/s1. The number of hydrogen-bond donors (Lipinski definition) is 1. The van der Waals surface area contributed by atoms with Gasteiger partial charge in [0, 0.05) is 44.5 Å². The Hall–Kier alpha value is -3.38. The van der Waals surface area contributed by atoms with Crippen molar-refractivity contribution in [3.8, 4) is 11.1 Å². The largest absolute Gasteiger partial charge is 0.328 e. The van der Waals surface area contributed by atoms with Gasteiger partial charge in [-0.05, 0) is 53.4 Å². The Kier molecular flexibility index (Phi) is 7.20. The molecule has 5 rings (SSSR count). The lowest BCUT2D eigenvalue weighted by Crippen LogP contribution is -2.56. The summed E-state index contributed by atoms with van der Waals surface area (Å²) in [4.78, 5) is 30.8. The molecule has 3 aromatic rings. The molecular formula is C31H38N4O2. The average Bonchev–Trinajstić information content (AvgIpc) is 2.91. The Morgan fingerprint density at radius 3 is 2.32 bits per heavy atom. The second-order valence-electron chi connectivity index (χ2n) is 11.4. The topological polar surface area (TPSA) is 71.6 Å². The fourth-order valence-electron chi connectivity index (χ4n) is 6.00. The molecule has 6 heteroatoms. The van der Waals surface area contributed by atoms with Crippen molar-refractivity contribution in [1.82, 2.24) is 14.4 Å². The first-order chi connectivity index (χ1) is 17.8. The number of piperidine rings is 2. The van der Waals surface area contributed by atoms with Crippen LogP contribution in [0.5, 0.6) is 0 Å². The summed E-state index contributed by atoms with van der Waals surface area (Å²) < 4.78 is 1.83. The molecule has 37 heavy (non-hydrogen) atoms. The first-order valence-corrected chi connectivity index (χ1v) is 13.4. The number of aromatic nitrogens is 1. The van der Waals surface area contributed by atoms with E-state index in [1.165, 1.54) is 0 Å². The number of nitrogens with two attached hydrogens (primary N) is 1. The van der Waals surface area contributed by atoms with Gasteiger partial charge in [0.2, 0.25) is 0 Å². The summed E-state index contributed by atoms with van der Waals surface area (Å²) in [6, 6.07) is 24.2. The first-order valence-electron chi connectivity index (χ1n) is 13.4. The van der Waals surface area contributed by atoms with Gasteiger partial charge in [-0.3, -0.25) is 4.79 Å². The molecule has 2 aliphatic rings. The van der Waals surface area contributed by atoms with Gasteiger partial charge >= 0.3 is 6.03 Å². The number of likely N-dealkylation sites (tertiary alicyclic amines) is 2. The van der Waals surface area contributed by atoms with Gasteiger partial charge in [-0.25, -0.2) is 4.79 Å². The highest BCUT2D eigenvalue weighted by Gasteiger charge is 2.41. The van der Waals surface area contributed by atoms with Crippen LogP contribution in [0.15, 0.2) is 83.8 Å². The molecule has 1 aromatic heterocycles. The van der Waals surface area contributed by atoms with Gasteiger partial charge < -0.3 is 20.1 Å². The Bertz CT molecular complexity index is 1270. The van der Waals surface area contributed by atoms with Gasteiger partial charge in [-0.15, -0.1) is 0 Å². The van der Waals surface area contributed by atoms with Crippen LogP contribution in [-0.2, 0) is 6.54 Å². The Morgan fingerprint density at radius 1 is 0.946 bits per heavy atom. The molecular weight excluding hydrogens is 460 g/mol. The van der Waals surface area contributed by atoms with Crippen molar-refractivity contribution in [1.29, 1.82) is 0 Å². The highest BCUT2D eigenvalue weighted by atomic mass is 16.2. The van der Waals surface area contributed by atoms with Crippen LogP contribution in [0.1, 0.15) is 44.7 Å². The number of rotatable bonds is 4. The molecule has 0 radical (unpaired) electrons.